The molecule has 3 N–H and O–H groups in total. The van der Waals surface area contributed by atoms with E-state index in [1.54, 1.807) is 26.0 Å². The minimum atomic E-state index is -3.87. The SMILES string of the molecule is CCc1ccccc1NC(=O)CNc1ccc(S(=O)(=O)NC(C)C)cc1[N+](=O)[O-]. The van der Waals surface area contributed by atoms with Gasteiger partial charge in [0.05, 0.1) is 16.4 Å². The Hall–Kier alpha value is -2.98. The summed E-state index contributed by atoms with van der Waals surface area (Å²) in [6, 6.07) is 10.5. The smallest absolute Gasteiger partial charge is 0.293 e. The maximum absolute atomic E-state index is 12.2. The summed E-state index contributed by atoms with van der Waals surface area (Å²) in [7, 11) is -3.87. The van der Waals surface area contributed by atoms with Crippen molar-refractivity contribution >= 4 is 33.0 Å². The van der Waals surface area contributed by atoms with E-state index in [1.165, 1.54) is 12.1 Å². The van der Waals surface area contributed by atoms with Gasteiger partial charge in [-0.3, -0.25) is 14.9 Å². The first-order valence-corrected chi connectivity index (χ1v) is 10.5. The van der Waals surface area contributed by atoms with Crippen LogP contribution in [0.25, 0.3) is 0 Å². The molecule has 0 aromatic heterocycles. The molecule has 0 aliphatic heterocycles. The largest absolute Gasteiger partial charge is 0.371 e. The highest BCUT2D eigenvalue weighted by atomic mass is 32.2. The summed E-state index contributed by atoms with van der Waals surface area (Å²) in [6.45, 7) is 5.06. The van der Waals surface area contributed by atoms with E-state index in [0.29, 0.717) is 5.69 Å². The number of sulfonamides is 1. The number of nitrogens with one attached hydrogen (secondary N) is 3. The first kappa shape index (κ1) is 22.3. The maximum atomic E-state index is 12.2. The zero-order valence-electron chi connectivity index (χ0n) is 16.4. The van der Waals surface area contributed by atoms with Crippen molar-refractivity contribution < 1.29 is 18.1 Å². The Morgan fingerprint density at radius 2 is 1.83 bits per heavy atom. The van der Waals surface area contributed by atoms with Crippen LogP contribution in [0.3, 0.4) is 0 Å². The molecule has 0 atom stereocenters. The molecular formula is C19H24N4O5S. The van der Waals surface area contributed by atoms with Crippen LogP contribution < -0.4 is 15.4 Å². The Kier molecular flexibility index (Phi) is 7.29. The summed E-state index contributed by atoms with van der Waals surface area (Å²) in [5.41, 5.74) is 1.27. The molecule has 1 amide bonds. The molecule has 0 aliphatic rings. The number of para-hydroxylation sites is 1. The average molecular weight is 420 g/mol. The van der Waals surface area contributed by atoms with Gasteiger partial charge < -0.3 is 10.6 Å². The van der Waals surface area contributed by atoms with Crippen molar-refractivity contribution in [2.75, 3.05) is 17.2 Å². The number of aryl methyl sites for hydroxylation is 1. The van der Waals surface area contributed by atoms with Crippen LogP contribution in [-0.2, 0) is 21.2 Å². The molecule has 0 heterocycles. The van der Waals surface area contributed by atoms with Crippen LogP contribution in [0.15, 0.2) is 47.4 Å². The first-order valence-electron chi connectivity index (χ1n) is 9.06. The predicted octanol–water partition coefficient (Wildman–Crippen LogP) is 2.89. The van der Waals surface area contributed by atoms with E-state index < -0.39 is 20.6 Å². The number of nitrogens with zero attached hydrogens (tertiary/aromatic N) is 1. The van der Waals surface area contributed by atoms with Crippen molar-refractivity contribution in [3.05, 3.63) is 58.1 Å². The Balaban J connectivity index is 2.16. The lowest BCUT2D eigenvalue weighted by Gasteiger charge is -2.12. The highest BCUT2D eigenvalue weighted by Crippen LogP contribution is 2.27. The van der Waals surface area contributed by atoms with Crippen LogP contribution in [0.4, 0.5) is 17.1 Å². The minimum absolute atomic E-state index is 0.0532. The minimum Gasteiger partial charge on any atom is -0.371 e. The number of rotatable bonds is 9. The van der Waals surface area contributed by atoms with Crippen LogP contribution in [0.5, 0.6) is 0 Å². The van der Waals surface area contributed by atoms with Crippen molar-refractivity contribution in [3.8, 4) is 0 Å². The Morgan fingerprint density at radius 1 is 1.14 bits per heavy atom. The molecule has 156 valence electrons. The molecule has 0 radical (unpaired) electrons. The summed E-state index contributed by atoms with van der Waals surface area (Å²) in [6.07, 6.45) is 0.746. The monoisotopic (exact) mass is 420 g/mol. The third-order valence-corrected chi connectivity index (χ3v) is 5.64. The Bertz CT molecular complexity index is 1010. The number of carbonyl (C=O) groups excluding carboxylic acids is 1. The summed E-state index contributed by atoms with van der Waals surface area (Å²) in [4.78, 5) is 22.7. The molecule has 29 heavy (non-hydrogen) atoms. The molecule has 0 spiro atoms. The number of amides is 1. The molecule has 0 unspecified atom stereocenters. The quantitative estimate of drug-likeness (QED) is 0.422. The van der Waals surface area contributed by atoms with E-state index >= 15 is 0 Å². The third kappa shape index (κ3) is 6.00. The van der Waals surface area contributed by atoms with Gasteiger partial charge in [0.1, 0.15) is 5.69 Å². The van der Waals surface area contributed by atoms with Gasteiger partial charge in [0.25, 0.3) is 5.69 Å². The van der Waals surface area contributed by atoms with Gasteiger partial charge in [-0.1, -0.05) is 25.1 Å². The normalized spacial score (nSPS) is 11.3. The molecular weight excluding hydrogens is 396 g/mol. The highest BCUT2D eigenvalue weighted by Gasteiger charge is 2.22. The van der Waals surface area contributed by atoms with Crippen LogP contribution in [0.2, 0.25) is 0 Å². The lowest BCUT2D eigenvalue weighted by atomic mass is 10.1. The number of nitro benzene ring substituents is 1. The molecule has 9 nitrogen and oxygen atoms in total. The molecule has 0 saturated carbocycles. The number of hydrogen-bond acceptors (Lipinski definition) is 6. The second-order valence-electron chi connectivity index (χ2n) is 6.62. The van der Waals surface area contributed by atoms with Crippen LogP contribution in [-0.4, -0.2) is 31.8 Å². The summed E-state index contributed by atoms with van der Waals surface area (Å²) in [5, 5.41) is 16.9. The molecule has 0 fully saturated rings. The summed E-state index contributed by atoms with van der Waals surface area (Å²) < 4.78 is 26.9. The topological polar surface area (TPSA) is 130 Å². The fourth-order valence-electron chi connectivity index (χ4n) is 2.68. The molecule has 2 aromatic rings. The Morgan fingerprint density at radius 3 is 2.45 bits per heavy atom. The molecule has 2 aromatic carbocycles. The third-order valence-electron chi connectivity index (χ3n) is 3.98. The molecule has 2 rings (SSSR count). The maximum Gasteiger partial charge on any atom is 0.293 e. The van der Waals surface area contributed by atoms with Crippen molar-refractivity contribution in [2.45, 2.75) is 38.1 Å². The van der Waals surface area contributed by atoms with Crippen molar-refractivity contribution in [1.29, 1.82) is 0 Å². The first-order chi connectivity index (χ1) is 13.6. The standard InChI is InChI=1S/C19H24N4O5S/c1-4-14-7-5-6-8-16(14)21-19(24)12-20-17-10-9-15(11-18(17)23(25)26)29(27,28)22-13(2)3/h5-11,13,20,22H,4,12H2,1-3H3,(H,21,24). The zero-order chi connectivity index (χ0) is 21.6. The second kappa shape index (κ2) is 9.48. The fourth-order valence-corrected chi connectivity index (χ4v) is 3.95. The second-order valence-corrected chi connectivity index (χ2v) is 8.34. The van der Waals surface area contributed by atoms with Gasteiger partial charge in [-0.15, -0.1) is 0 Å². The Labute approximate surface area is 169 Å². The van der Waals surface area contributed by atoms with E-state index in [4.69, 9.17) is 0 Å². The average Bonchev–Trinajstić information content (AvgIpc) is 2.65. The van der Waals surface area contributed by atoms with E-state index in [9.17, 15) is 23.3 Å². The van der Waals surface area contributed by atoms with Gasteiger partial charge >= 0.3 is 0 Å². The lowest BCUT2D eigenvalue weighted by molar-refractivity contribution is -0.384. The van der Waals surface area contributed by atoms with Gasteiger partial charge in [0.15, 0.2) is 0 Å². The lowest BCUT2D eigenvalue weighted by Crippen LogP contribution is -2.30. The van der Waals surface area contributed by atoms with Crippen molar-refractivity contribution in [2.24, 2.45) is 0 Å². The molecule has 0 saturated heterocycles. The van der Waals surface area contributed by atoms with Gasteiger partial charge in [-0.25, -0.2) is 13.1 Å². The van der Waals surface area contributed by atoms with E-state index in [1.807, 2.05) is 19.1 Å². The molecule has 0 bridgehead atoms. The van der Waals surface area contributed by atoms with E-state index in [-0.39, 0.29) is 29.1 Å². The van der Waals surface area contributed by atoms with E-state index in [0.717, 1.165) is 18.1 Å². The van der Waals surface area contributed by atoms with E-state index in [2.05, 4.69) is 15.4 Å². The van der Waals surface area contributed by atoms with Crippen LogP contribution >= 0.6 is 0 Å². The molecule has 0 aliphatic carbocycles. The predicted molar refractivity (Wildman–Crippen MR) is 111 cm³/mol. The number of nitro groups is 1. The van der Waals surface area contributed by atoms with Crippen LogP contribution in [0, 0.1) is 10.1 Å². The van der Waals surface area contributed by atoms with Gasteiger partial charge in [-0.2, -0.15) is 0 Å². The van der Waals surface area contributed by atoms with Crippen molar-refractivity contribution in [1.82, 2.24) is 4.72 Å². The fraction of sp³-hybridized carbons (Fsp3) is 0.316. The van der Waals surface area contributed by atoms with Gasteiger partial charge in [0.2, 0.25) is 15.9 Å². The summed E-state index contributed by atoms with van der Waals surface area (Å²) >= 11 is 0. The summed E-state index contributed by atoms with van der Waals surface area (Å²) in [5.74, 6) is -0.377. The highest BCUT2D eigenvalue weighted by molar-refractivity contribution is 7.89. The van der Waals surface area contributed by atoms with Crippen LogP contribution in [0.1, 0.15) is 26.3 Å². The van der Waals surface area contributed by atoms with Gasteiger partial charge in [0, 0.05) is 17.8 Å². The van der Waals surface area contributed by atoms with Gasteiger partial charge in [-0.05, 0) is 44.0 Å². The number of carbonyl (C=O) groups is 1. The van der Waals surface area contributed by atoms with Crippen molar-refractivity contribution in [3.63, 3.8) is 0 Å². The zero-order valence-corrected chi connectivity index (χ0v) is 17.2. The number of anilines is 2. The number of hydrogen-bond donors (Lipinski definition) is 3. The number of benzene rings is 2. The molecule has 10 heteroatoms.